The number of likely N-dealkylation sites (N-methyl/N-ethyl adjacent to an activating group) is 1. The Hall–Kier alpha value is -2.44. The lowest BCUT2D eigenvalue weighted by molar-refractivity contribution is -0.117. The second kappa shape index (κ2) is 8.29. The van der Waals surface area contributed by atoms with Gasteiger partial charge in [-0.3, -0.25) is 9.69 Å². The zero-order valence-electron chi connectivity index (χ0n) is 14.7. The quantitative estimate of drug-likeness (QED) is 0.839. The van der Waals surface area contributed by atoms with E-state index >= 15 is 0 Å². The van der Waals surface area contributed by atoms with Crippen LogP contribution >= 0.6 is 11.6 Å². The summed E-state index contributed by atoms with van der Waals surface area (Å²) in [5, 5.41) is 3.35. The zero-order valence-corrected chi connectivity index (χ0v) is 15.5. The number of anilines is 1. The Kier molecular flexibility index (Phi) is 5.85. The summed E-state index contributed by atoms with van der Waals surface area (Å²) in [7, 11) is 3.40. The van der Waals surface area contributed by atoms with E-state index in [0.717, 1.165) is 11.5 Å². The first-order valence-corrected chi connectivity index (χ1v) is 8.63. The lowest BCUT2D eigenvalue weighted by Crippen LogP contribution is -2.42. The van der Waals surface area contributed by atoms with Crippen molar-refractivity contribution < 1.29 is 19.0 Å². The summed E-state index contributed by atoms with van der Waals surface area (Å²) in [5.74, 6) is 1.87. The Morgan fingerprint density at radius 3 is 2.85 bits per heavy atom. The van der Waals surface area contributed by atoms with E-state index in [1.807, 2.05) is 36.2 Å². The molecule has 6 nitrogen and oxygen atoms in total. The molecular formula is C19H21ClN2O4. The largest absolute Gasteiger partial charge is 0.495 e. The van der Waals surface area contributed by atoms with Gasteiger partial charge in [-0.25, -0.2) is 0 Å². The van der Waals surface area contributed by atoms with Gasteiger partial charge in [-0.1, -0.05) is 23.7 Å². The molecule has 1 heterocycles. The van der Waals surface area contributed by atoms with Gasteiger partial charge in [0.25, 0.3) is 0 Å². The van der Waals surface area contributed by atoms with E-state index in [9.17, 15) is 4.79 Å². The molecular weight excluding hydrogens is 356 g/mol. The maximum absolute atomic E-state index is 12.3. The Morgan fingerprint density at radius 2 is 2.08 bits per heavy atom. The predicted molar refractivity (Wildman–Crippen MR) is 100 cm³/mol. The smallest absolute Gasteiger partial charge is 0.238 e. The topological polar surface area (TPSA) is 60.0 Å². The molecule has 0 saturated heterocycles. The Labute approximate surface area is 157 Å². The summed E-state index contributed by atoms with van der Waals surface area (Å²) in [5.41, 5.74) is 0.546. The van der Waals surface area contributed by atoms with Gasteiger partial charge in [0.05, 0.1) is 19.3 Å². The van der Waals surface area contributed by atoms with Gasteiger partial charge in [-0.05, 0) is 37.4 Å². The lowest BCUT2D eigenvalue weighted by atomic mass is 10.2. The van der Waals surface area contributed by atoms with Gasteiger partial charge in [0.15, 0.2) is 11.5 Å². The summed E-state index contributed by atoms with van der Waals surface area (Å²) in [6, 6.07) is 12.6. The molecule has 3 rings (SSSR count). The van der Waals surface area contributed by atoms with Crippen LogP contribution in [0, 0.1) is 0 Å². The highest BCUT2D eigenvalue weighted by Crippen LogP contribution is 2.31. The van der Waals surface area contributed by atoms with Crippen molar-refractivity contribution in [3.8, 4) is 17.2 Å². The fraction of sp³-hybridized carbons (Fsp3) is 0.316. The monoisotopic (exact) mass is 376 g/mol. The highest BCUT2D eigenvalue weighted by molar-refractivity contribution is 6.31. The normalized spacial score (nSPS) is 15.6. The number of benzene rings is 2. The van der Waals surface area contributed by atoms with E-state index in [1.165, 1.54) is 0 Å². The first-order valence-electron chi connectivity index (χ1n) is 8.25. The number of hydrogen-bond acceptors (Lipinski definition) is 5. The predicted octanol–water partition coefficient (Wildman–Crippen LogP) is 3.06. The number of hydrogen-bond donors (Lipinski definition) is 1. The SMILES string of the molecule is COc1ccc(Cl)cc1NC(=O)CN(C)C[C@H]1COc2ccccc2O1. The summed E-state index contributed by atoms with van der Waals surface area (Å²) in [4.78, 5) is 14.2. The molecule has 0 unspecified atom stereocenters. The number of ether oxygens (including phenoxy) is 3. The highest BCUT2D eigenvalue weighted by Gasteiger charge is 2.22. The van der Waals surface area contributed by atoms with Crippen molar-refractivity contribution >= 4 is 23.2 Å². The second-order valence-electron chi connectivity index (χ2n) is 6.09. The zero-order chi connectivity index (χ0) is 18.5. The highest BCUT2D eigenvalue weighted by atomic mass is 35.5. The first kappa shape index (κ1) is 18.4. The van der Waals surface area contributed by atoms with E-state index in [1.54, 1.807) is 25.3 Å². The molecule has 2 aromatic rings. The van der Waals surface area contributed by atoms with E-state index < -0.39 is 0 Å². The van der Waals surface area contributed by atoms with E-state index in [4.69, 9.17) is 25.8 Å². The number of rotatable bonds is 6. The van der Waals surface area contributed by atoms with Crippen LogP contribution in [0.4, 0.5) is 5.69 Å². The standard InChI is InChI=1S/C19H21ClN2O4/c1-22(10-14-12-25-17-5-3-4-6-18(17)26-14)11-19(23)21-15-9-13(20)7-8-16(15)24-2/h3-9,14H,10-12H2,1-2H3,(H,21,23)/t14-/m0/s1. The van der Waals surface area contributed by atoms with Gasteiger partial charge in [-0.2, -0.15) is 0 Å². The number of halogens is 1. The van der Waals surface area contributed by atoms with Crippen molar-refractivity contribution in [2.75, 3.05) is 39.2 Å². The average molecular weight is 377 g/mol. The molecule has 26 heavy (non-hydrogen) atoms. The maximum Gasteiger partial charge on any atom is 0.238 e. The molecule has 2 aromatic carbocycles. The molecule has 1 atom stereocenters. The van der Waals surface area contributed by atoms with Gasteiger partial charge in [0.1, 0.15) is 18.5 Å². The van der Waals surface area contributed by atoms with Crippen LogP contribution < -0.4 is 19.5 Å². The minimum atomic E-state index is -0.162. The molecule has 7 heteroatoms. The summed E-state index contributed by atoms with van der Waals surface area (Å²) >= 11 is 5.99. The molecule has 0 fully saturated rings. The fourth-order valence-corrected chi connectivity index (χ4v) is 2.95. The fourth-order valence-electron chi connectivity index (χ4n) is 2.78. The number of nitrogens with zero attached hydrogens (tertiary/aromatic N) is 1. The Bertz CT molecular complexity index is 784. The van der Waals surface area contributed by atoms with Crippen molar-refractivity contribution in [1.29, 1.82) is 0 Å². The van der Waals surface area contributed by atoms with Crippen molar-refractivity contribution in [2.45, 2.75) is 6.10 Å². The van der Waals surface area contributed by atoms with Gasteiger partial charge in [0.2, 0.25) is 5.91 Å². The number of nitrogens with one attached hydrogen (secondary N) is 1. The summed E-state index contributed by atoms with van der Waals surface area (Å²) in [6.45, 7) is 1.22. The summed E-state index contributed by atoms with van der Waals surface area (Å²) in [6.07, 6.45) is -0.136. The van der Waals surface area contributed by atoms with Gasteiger partial charge in [-0.15, -0.1) is 0 Å². The Balaban J connectivity index is 1.53. The van der Waals surface area contributed by atoms with E-state index in [-0.39, 0.29) is 18.6 Å². The van der Waals surface area contributed by atoms with Crippen LogP contribution in [0.15, 0.2) is 42.5 Å². The number of carbonyl (C=O) groups is 1. The van der Waals surface area contributed by atoms with Crippen LogP contribution in [0.5, 0.6) is 17.2 Å². The number of para-hydroxylation sites is 2. The van der Waals surface area contributed by atoms with Crippen LogP contribution in [-0.4, -0.2) is 50.8 Å². The summed E-state index contributed by atoms with van der Waals surface area (Å²) < 4.78 is 16.9. The van der Waals surface area contributed by atoms with Crippen LogP contribution in [0.2, 0.25) is 5.02 Å². The molecule has 1 N–H and O–H groups in total. The maximum atomic E-state index is 12.3. The molecule has 1 amide bonds. The van der Waals surface area contributed by atoms with Crippen molar-refractivity contribution in [3.63, 3.8) is 0 Å². The van der Waals surface area contributed by atoms with E-state index in [0.29, 0.717) is 29.6 Å². The number of methoxy groups -OCH3 is 1. The van der Waals surface area contributed by atoms with Gasteiger partial charge < -0.3 is 19.5 Å². The molecule has 1 aliphatic heterocycles. The number of carbonyl (C=O) groups excluding carboxylic acids is 1. The average Bonchev–Trinajstić information content (AvgIpc) is 2.61. The van der Waals surface area contributed by atoms with Crippen LogP contribution in [0.25, 0.3) is 0 Å². The van der Waals surface area contributed by atoms with Crippen LogP contribution in [0.3, 0.4) is 0 Å². The second-order valence-corrected chi connectivity index (χ2v) is 6.52. The van der Waals surface area contributed by atoms with E-state index in [2.05, 4.69) is 5.32 Å². The number of fused-ring (bicyclic) bond motifs is 1. The third-order valence-electron chi connectivity index (χ3n) is 3.93. The molecule has 0 aromatic heterocycles. The molecule has 0 saturated carbocycles. The third-order valence-corrected chi connectivity index (χ3v) is 4.17. The van der Waals surface area contributed by atoms with Crippen LogP contribution in [0.1, 0.15) is 0 Å². The molecule has 1 aliphatic rings. The molecule has 0 aliphatic carbocycles. The molecule has 138 valence electrons. The third kappa shape index (κ3) is 4.59. The van der Waals surface area contributed by atoms with Crippen molar-refractivity contribution in [1.82, 2.24) is 4.90 Å². The lowest BCUT2D eigenvalue weighted by Gasteiger charge is -2.29. The van der Waals surface area contributed by atoms with Crippen molar-refractivity contribution in [3.05, 3.63) is 47.5 Å². The minimum Gasteiger partial charge on any atom is -0.495 e. The van der Waals surface area contributed by atoms with Crippen molar-refractivity contribution in [2.24, 2.45) is 0 Å². The Morgan fingerprint density at radius 1 is 1.31 bits per heavy atom. The molecule has 0 radical (unpaired) electrons. The molecule has 0 spiro atoms. The minimum absolute atomic E-state index is 0.136. The van der Waals surface area contributed by atoms with Gasteiger partial charge in [0, 0.05) is 11.6 Å². The van der Waals surface area contributed by atoms with Crippen LogP contribution in [-0.2, 0) is 4.79 Å². The van der Waals surface area contributed by atoms with Gasteiger partial charge >= 0.3 is 0 Å². The number of amides is 1. The first-order chi connectivity index (χ1) is 12.5. The molecule has 0 bridgehead atoms.